The summed E-state index contributed by atoms with van der Waals surface area (Å²) >= 11 is 0. The Labute approximate surface area is 136 Å². The number of anilines is 1. The first kappa shape index (κ1) is 16.5. The molecule has 5 nitrogen and oxygen atoms in total. The number of benzene rings is 1. The molecular formula is C18H20N4O. The molecule has 1 heterocycles. The topological polar surface area (TPSA) is 78.7 Å². The van der Waals surface area contributed by atoms with Crippen molar-refractivity contribution in [3.8, 4) is 11.1 Å². The van der Waals surface area contributed by atoms with Crippen LogP contribution < -0.4 is 5.32 Å². The van der Waals surface area contributed by atoms with E-state index < -0.39 is 0 Å². The summed E-state index contributed by atoms with van der Waals surface area (Å²) in [6.45, 7) is 9.42. The number of carbonyl (C=O) groups is 1. The van der Waals surface area contributed by atoms with Crippen molar-refractivity contribution in [3.05, 3.63) is 54.1 Å². The molecule has 0 atom stereocenters. The lowest BCUT2D eigenvalue weighted by atomic mass is 9.95. The lowest BCUT2D eigenvalue weighted by Gasteiger charge is -2.16. The van der Waals surface area contributed by atoms with Gasteiger partial charge < -0.3 is 5.32 Å². The third-order valence-corrected chi connectivity index (χ3v) is 3.49. The van der Waals surface area contributed by atoms with E-state index in [0.717, 1.165) is 22.4 Å². The zero-order valence-corrected chi connectivity index (χ0v) is 13.6. The van der Waals surface area contributed by atoms with Crippen molar-refractivity contribution in [2.75, 3.05) is 11.9 Å². The van der Waals surface area contributed by atoms with Crippen LogP contribution >= 0.6 is 0 Å². The largest absolute Gasteiger partial charge is 0.381 e. The minimum atomic E-state index is -0.275. The molecule has 0 aliphatic carbocycles. The normalized spacial score (nSPS) is 10.2. The second-order valence-corrected chi connectivity index (χ2v) is 5.34. The van der Waals surface area contributed by atoms with Gasteiger partial charge >= 0.3 is 0 Å². The van der Waals surface area contributed by atoms with Gasteiger partial charge in [0.2, 0.25) is 0 Å². The van der Waals surface area contributed by atoms with Crippen LogP contribution in [-0.2, 0) is 4.79 Å². The second kappa shape index (κ2) is 6.96. The van der Waals surface area contributed by atoms with Gasteiger partial charge in [-0.2, -0.15) is 0 Å². The molecule has 0 radical (unpaired) electrons. The Morgan fingerprint density at radius 1 is 1.26 bits per heavy atom. The summed E-state index contributed by atoms with van der Waals surface area (Å²) in [4.78, 5) is 20.1. The van der Waals surface area contributed by atoms with Crippen LogP contribution in [0, 0.1) is 19.3 Å². The van der Waals surface area contributed by atoms with Gasteiger partial charge in [-0.15, -0.1) is 6.58 Å². The summed E-state index contributed by atoms with van der Waals surface area (Å²) < 4.78 is 0. The van der Waals surface area contributed by atoms with Crippen molar-refractivity contribution in [2.45, 2.75) is 20.8 Å². The number of Topliss-reactive ketones (excluding diaryl/α,β-unsaturated/α-hetero) is 1. The molecule has 0 fully saturated rings. The average Bonchev–Trinajstić information content (AvgIpc) is 2.53. The van der Waals surface area contributed by atoms with E-state index in [0.29, 0.717) is 17.9 Å². The van der Waals surface area contributed by atoms with Gasteiger partial charge in [-0.05, 0) is 37.1 Å². The van der Waals surface area contributed by atoms with Gasteiger partial charge in [-0.3, -0.25) is 10.2 Å². The molecule has 0 unspecified atom stereocenters. The number of nitrogens with zero attached hydrogens (tertiary/aromatic N) is 2. The van der Waals surface area contributed by atoms with Crippen molar-refractivity contribution >= 4 is 17.2 Å². The zero-order chi connectivity index (χ0) is 17.0. The molecule has 1 aromatic carbocycles. The first-order chi connectivity index (χ1) is 10.9. The van der Waals surface area contributed by atoms with E-state index in [1.807, 2.05) is 26.0 Å². The maximum absolute atomic E-state index is 11.7. The first-order valence-electron chi connectivity index (χ1n) is 7.32. The van der Waals surface area contributed by atoms with Crippen molar-refractivity contribution in [1.29, 1.82) is 5.41 Å². The molecule has 0 saturated carbocycles. The van der Waals surface area contributed by atoms with Gasteiger partial charge in [-0.1, -0.05) is 6.08 Å². The average molecular weight is 308 g/mol. The highest BCUT2D eigenvalue weighted by Crippen LogP contribution is 2.29. The van der Waals surface area contributed by atoms with Crippen molar-refractivity contribution in [3.63, 3.8) is 0 Å². The van der Waals surface area contributed by atoms with Crippen LogP contribution in [0.25, 0.3) is 11.1 Å². The monoisotopic (exact) mass is 308 g/mol. The zero-order valence-electron chi connectivity index (χ0n) is 13.6. The lowest BCUT2D eigenvalue weighted by molar-refractivity contribution is -0.111. The van der Waals surface area contributed by atoms with E-state index in [4.69, 9.17) is 5.41 Å². The fourth-order valence-electron chi connectivity index (χ4n) is 2.29. The Bertz CT molecular complexity index is 763. The highest BCUT2D eigenvalue weighted by Gasteiger charge is 2.16. The van der Waals surface area contributed by atoms with Gasteiger partial charge in [0.1, 0.15) is 11.5 Å². The summed E-state index contributed by atoms with van der Waals surface area (Å²) in [5, 5.41) is 11.3. The number of nitrogens with one attached hydrogen (secondary N) is 2. The van der Waals surface area contributed by atoms with Crippen LogP contribution in [0.15, 0.2) is 37.2 Å². The molecule has 5 heteroatoms. The molecule has 0 spiro atoms. The highest BCUT2D eigenvalue weighted by molar-refractivity contribution is 6.45. The maximum Gasteiger partial charge on any atom is 0.178 e. The molecular weight excluding hydrogens is 288 g/mol. The Morgan fingerprint density at radius 2 is 1.91 bits per heavy atom. The molecule has 118 valence electrons. The molecule has 0 bridgehead atoms. The number of aromatic nitrogens is 2. The molecule has 23 heavy (non-hydrogen) atoms. The van der Waals surface area contributed by atoms with Crippen LogP contribution in [0.3, 0.4) is 0 Å². The minimum Gasteiger partial charge on any atom is -0.381 e. The third-order valence-electron chi connectivity index (χ3n) is 3.49. The smallest absolute Gasteiger partial charge is 0.178 e. The summed E-state index contributed by atoms with van der Waals surface area (Å²) in [6, 6.07) is 3.83. The first-order valence-corrected chi connectivity index (χ1v) is 7.32. The molecule has 0 saturated heterocycles. The number of ketones is 1. The van der Waals surface area contributed by atoms with E-state index in [1.165, 1.54) is 6.92 Å². The summed E-state index contributed by atoms with van der Waals surface area (Å²) in [5.74, 6) is 0.426. The van der Waals surface area contributed by atoms with Gasteiger partial charge in [0.15, 0.2) is 5.78 Å². The van der Waals surface area contributed by atoms with E-state index >= 15 is 0 Å². The SMILES string of the molecule is C=CCNc1c(C)cc(-c2cnc(C)nc2)cc1C(=N)C(C)=O. The van der Waals surface area contributed by atoms with Crippen LogP contribution in [0.5, 0.6) is 0 Å². The van der Waals surface area contributed by atoms with Crippen LogP contribution in [0.4, 0.5) is 5.69 Å². The standard InChI is InChI=1S/C18H20N4O/c1-5-6-20-18-11(2)7-14(8-16(18)17(19)12(3)23)15-9-21-13(4)22-10-15/h5,7-10,19-20H,1,6H2,2-4H3. The predicted molar refractivity (Wildman–Crippen MR) is 93.1 cm³/mol. The molecule has 0 aliphatic heterocycles. The van der Waals surface area contributed by atoms with E-state index in [2.05, 4.69) is 21.9 Å². The molecule has 2 rings (SSSR count). The Kier molecular flexibility index (Phi) is 5.01. The number of hydrogen-bond acceptors (Lipinski definition) is 5. The number of rotatable bonds is 6. The highest BCUT2D eigenvalue weighted by atomic mass is 16.1. The van der Waals surface area contributed by atoms with E-state index in [1.54, 1.807) is 18.5 Å². The molecule has 0 amide bonds. The quantitative estimate of drug-likeness (QED) is 0.634. The van der Waals surface area contributed by atoms with Gasteiger partial charge in [-0.25, -0.2) is 9.97 Å². The number of carbonyl (C=O) groups excluding carboxylic acids is 1. The molecule has 2 N–H and O–H groups in total. The maximum atomic E-state index is 11.7. The lowest BCUT2D eigenvalue weighted by Crippen LogP contribution is -2.14. The molecule has 2 aromatic rings. The van der Waals surface area contributed by atoms with Gasteiger partial charge in [0.25, 0.3) is 0 Å². The molecule has 0 aliphatic rings. The molecule has 1 aromatic heterocycles. The van der Waals surface area contributed by atoms with Crippen molar-refractivity contribution < 1.29 is 4.79 Å². The number of hydrogen-bond donors (Lipinski definition) is 2. The number of aryl methyl sites for hydroxylation is 2. The van der Waals surface area contributed by atoms with Crippen LogP contribution in [0.1, 0.15) is 23.9 Å². The fourth-order valence-corrected chi connectivity index (χ4v) is 2.29. The van der Waals surface area contributed by atoms with Crippen LogP contribution in [-0.4, -0.2) is 28.0 Å². The van der Waals surface area contributed by atoms with Gasteiger partial charge in [0, 0.05) is 42.7 Å². The summed E-state index contributed by atoms with van der Waals surface area (Å²) in [7, 11) is 0. The van der Waals surface area contributed by atoms with Crippen molar-refractivity contribution in [2.24, 2.45) is 0 Å². The minimum absolute atomic E-state index is 0.0189. The van der Waals surface area contributed by atoms with E-state index in [-0.39, 0.29) is 11.5 Å². The fraction of sp³-hybridized carbons (Fsp3) is 0.222. The van der Waals surface area contributed by atoms with Gasteiger partial charge in [0.05, 0.1) is 0 Å². The van der Waals surface area contributed by atoms with Crippen LogP contribution in [0.2, 0.25) is 0 Å². The Morgan fingerprint density at radius 3 is 2.48 bits per heavy atom. The van der Waals surface area contributed by atoms with E-state index in [9.17, 15) is 4.79 Å². The Balaban J connectivity index is 2.59. The Hall–Kier alpha value is -2.82. The summed E-state index contributed by atoms with van der Waals surface area (Å²) in [6.07, 6.45) is 5.23. The predicted octanol–water partition coefficient (Wildman–Crippen LogP) is 3.32. The third kappa shape index (κ3) is 3.69. The second-order valence-electron chi connectivity index (χ2n) is 5.34. The van der Waals surface area contributed by atoms with Crippen molar-refractivity contribution in [1.82, 2.24) is 9.97 Å². The summed E-state index contributed by atoms with van der Waals surface area (Å²) in [5.41, 5.74) is 4.02.